The smallest absolute Gasteiger partial charge is 0.303 e. The van der Waals surface area contributed by atoms with Gasteiger partial charge in [0.1, 0.15) is 5.75 Å². The fourth-order valence-electron chi connectivity index (χ4n) is 6.95. The Balaban J connectivity index is 1.49. The number of hydrogen-bond donors (Lipinski definition) is 2. The quantitative estimate of drug-likeness (QED) is 0.345. The van der Waals surface area contributed by atoms with Crippen LogP contribution in [0.2, 0.25) is 0 Å². The second-order valence-electron chi connectivity index (χ2n) is 10.8. The van der Waals surface area contributed by atoms with Gasteiger partial charge in [-0.25, -0.2) is 0 Å². The highest BCUT2D eigenvalue weighted by Crippen LogP contribution is 2.56. The molecular weight excluding hydrogens is 498 g/mol. The molecule has 6 rings (SSSR count). The van der Waals surface area contributed by atoms with Crippen LogP contribution in [-0.2, 0) is 24.0 Å². The molecule has 39 heavy (non-hydrogen) atoms. The van der Waals surface area contributed by atoms with Crippen molar-refractivity contribution in [2.75, 3.05) is 6.54 Å². The zero-order chi connectivity index (χ0) is 27.6. The van der Waals surface area contributed by atoms with E-state index in [-0.39, 0.29) is 54.9 Å². The van der Waals surface area contributed by atoms with Crippen LogP contribution in [0.5, 0.6) is 5.75 Å². The third kappa shape index (κ3) is 3.77. The van der Waals surface area contributed by atoms with Gasteiger partial charge in [-0.15, -0.1) is 0 Å². The monoisotopic (exact) mass is 525 g/mol. The molecule has 8 heteroatoms. The van der Waals surface area contributed by atoms with E-state index >= 15 is 0 Å². The number of Topliss-reactive ketones (excluding diaryl/α,β-unsaturated/α-hetero) is 1. The molecule has 0 spiro atoms. The molecule has 2 N–H and O–H groups in total. The van der Waals surface area contributed by atoms with Crippen molar-refractivity contribution in [2.24, 2.45) is 17.8 Å². The summed E-state index contributed by atoms with van der Waals surface area (Å²) in [5.74, 6) is -4.33. The Hall–Kier alpha value is -4.33. The molecule has 2 aromatic carbocycles. The van der Waals surface area contributed by atoms with E-state index in [1.165, 1.54) is 11.0 Å². The minimum atomic E-state index is -0.991. The molecule has 0 aromatic heterocycles. The number of benzene rings is 2. The predicted octanol–water partition coefficient (Wildman–Crippen LogP) is 3.84. The van der Waals surface area contributed by atoms with E-state index in [0.717, 1.165) is 16.5 Å². The Morgan fingerprint density at radius 1 is 1.00 bits per heavy atom. The summed E-state index contributed by atoms with van der Waals surface area (Å²) in [6.07, 6.45) is 3.84. The lowest BCUT2D eigenvalue weighted by Gasteiger charge is -2.42. The van der Waals surface area contributed by atoms with Crippen LogP contribution in [0, 0.1) is 17.8 Å². The van der Waals surface area contributed by atoms with Crippen molar-refractivity contribution in [2.45, 2.75) is 38.5 Å². The molecule has 0 radical (unpaired) electrons. The summed E-state index contributed by atoms with van der Waals surface area (Å²) in [6, 6.07) is 10.7. The molecular formula is C31H27NO7. The van der Waals surface area contributed by atoms with Crippen molar-refractivity contribution >= 4 is 40.1 Å². The number of hydrogen-bond acceptors (Lipinski definition) is 6. The van der Waals surface area contributed by atoms with Gasteiger partial charge in [0.05, 0.1) is 11.8 Å². The van der Waals surface area contributed by atoms with Gasteiger partial charge in [-0.2, -0.15) is 0 Å². The number of aromatic hydroxyl groups is 1. The van der Waals surface area contributed by atoms with Crippen molar-refractivity contribution in [3.8, 4) is 5.75 Å². The van der Waals surface area contributed by atoms with E-state index in [1.54, 1.807) is 25.1 Å². The van der Waals surface area contributed by atoms with Crippen molar-refractivity contribution < 1.29 is 34.2 Å². The summed E-state index contributed by atoms with van der Waals surface area (Å²) >= 11 is 0. The van der Waals surface area contributed by atoms with Crippen LogP contribution < -0.4 is 0 Å². The lowest BCUT2D eigenvalue weighted by Crippen LogP contribution is -2.40. The highest BCUT2D eigenvalue weighted by molar-refractivity contribution is 6.24. The van der Waals surface area contributed by atoms with Gasteiger partial charge in [0.25, 0.3) is 0 Å². The number of fused-ring (bicyclic) bond motifs is 4. The molecule has 1 saturated heterocycles. The number of imide groups is 1. The van der Waals surface area contributed by atoms with E-state index in [1.807, 2.05) is 24.3 Å². The lowest BCUT2D eigenvalue weighted by molar-refractivity contribution is -0.142. The molecule has 4 aliphatic rings. The van der Waals surface area contributed by atoms with E-state index in [4.69, 9.17) is 5.11 Å². The fraction of sp³-hybridized carbons (Fsp3) is 0.323. The maximum absolute atomic E-state index is 13.7. The van der Waals surface area contributed by atoms with Crippen molar-refractivity contribution in [3.63, 3.8) is 0 Å². The Morgan fingerprint density at radius 2 is 1.74 bits per heavy atom. The van der Waals surface area contributed by atoms with Crippen LogP contribution in [0.3, 0.4) is 0 Å². The van der Waals surface area contributed by atoms with Crippen LogP contribution in [0.4, 0.5) is 0 Å². The van der Waals surface area contributed by atoms with E-state index in [9.17, 15) is 29.1 Å². The molecule has 2 aromatic rings. The summed E-state index contributed by atoms with van der Waals surface area (Å²) in [7, 11) is 0. The van der Waals surface area contributed by atoms with Crippen molar-refractivity contribution in [1.29, 1.82) is 0 Å². The highest BCUT2D eigenvalue weighted by Gasteiger charge is 2.56. The molecule has 2 amide bonds. The minimum Gasteiger partial charge on any atom is -0.507 e. The first kappa shape index (κ1) is 25.0. The molecule has 1 heterocycles. The topological polar surface area (TPSA) is 129 Å². The predicted molar refractivity (Wildman–Crippen MR) is 141 cm³/mol. The van der Waals surface area contributed by atoms with Crippen LogP contribution >= 0.6 is 0 Å². The number of nitrogens with zero attached hydrogens (tertiary/aromatic N) is 1. The third-order valence-electron chi connectivity index (χ3n) is 8.67. The number of allylic oxidation sites excluding steroid dienone is 6. The zero-order valence-electron chi connectivity index (χ0n) is 21.3. The molecule has 1 fully saturated rings. The number of likely N-dealkylation sites (tertiary alicyclic amines) is 1. The fourth-order valence-corrected chi connectivity index (χ4v) is 6.95. The number of aliphatic carboxylic acids is 1. The van der Waals surface area contributed by atoms with Gasteiger partial charge in [0, 0.05) is 41.0 Å². The average Bonchev–Trinajstić information content (AvgIpc) is 3.16. The summed E-state index contributed by atoms with van der Waals surface area (Å²) in [5, 5.41) is 20.9. The van der Waals surface area contributed by atoms with Gasteiger partial charge in [-0.3, -0.25) is 28.9 Å². The molecule has 4 atom stereocenters. The number of rotatable bonds is 5. The lowest BCUT2D eigenvalue weighted by atomic mass is 9.59. The normalized spacial score (nSPS) is 26.3. The number of phenols is 1. The number of carbonyl (C=O) groups excluding carboxylic acids is 4. The Bertz CT molecular complexity index is 1590. The van der Waals surface area contributed by atoms with Crippen molar-refractivity contribution in [1.82, 2.24) is 4.90 Å². The molecule has 1 aliphatic heterocycles. The van der Waals surface area contributed by atoms with Gasteiger partial charge < -0.3 is 10.2 Å². The second-order valence-corrected chi connectivity index (χ2v) is 10.8. The van der Waals surface area contributed by atoms with Crippen LogP contribution in [-0.4, -0.2) is 51.0 Å². The Morgan fingerprint density at radius 3 is 2.49 bits per heavy atom. The van der Waals surface area contributed by atoms with Gasteiger partial charge in [0.15, 0.2) is 11.6 Å². The molecule has 0 bridgehead atoms. The third-order valence-corrected chi connectivity index (χ3v) is 8.67. The van der Waals surface area contributed by atoms with E-state index < -0.39 is 29.6 Å². The van der Waals surface area contributed by atoms with Crippen LogP contribution in [0.25, 0.3) is 10.8 Å². The maximum Gasteiger partial charge on any atom is 0.303 e. The zero-order valence-corrected chi connectivity index (χ0v) is 21.3. The Kier molecular flexibility index (Phi) is 5.86. The number of carbonyl (C=O) groups is 5. The number of carboxylic acid groups (broad SMARTS) is 1. The first-order valence-electron chi connectivity index (χ1n) is 13.2. The minimum absolute atomic E-state index is 0.0400. The van der Waals surface area contributed by atoms with Crippen LogP contribution in [0.1, 0.15) is 44.1 Å². The van der Waals surface area contributed by atoms with E-state index in [0.29, 0.717) is 28.5 Å². The van der Waals surface area contributed by atoms with Gasteiger partial charge in [0.2, 0.25) is 11.8 Å². The van der Waals surface area contributed by atoms with Gasteiger partial charge in [-0.1, -0.05) is 42.0 Å². The standard InChI is InChI=1S/C31H27NO7/c1-15-13-24(34)22-14-21-19(8-9-20-27(21)31(39)32(30(20)38)12-4-7-25(35)36)26(28(22)29(15)37)18-10-11-23(33)17-6-3-2-5-16(17)18/h2-3,5-6,8,10-11,13,20-21,26-27,33H,4,7,9,12,14H2,1H3,(H,35,36)/t20-,21+,26-,27-/m0/s1. The second kappa shape index (κ2) is 9.15. The highest BCUT2D eigenvalue weighted by atomic mass is 16.4. The first-order chi connectivity index (χ1) is 18.7. The summed E-state index contributed by atoms with van der Waals surface area (Å²) < 4.78 is 0. The summed E-state index contributed by atoms with van der Waals surface area (Å²) in [4.78, 5) is 66.0. The molecule has 0 saturated carbocycles. The maximum atomic E-state index is 13.7. The summed E-state index contributed by atoms with van der Waals surface area (Å²) in [5.41, 5.74) is 2.75. The average molecular weight is 526 g/mol. The number of amides is 2. The number of ketones is 2. The molecule has 3 aliphatic carbocycles. The van der Waals surface area contributed by atoms with Crippen molar-refractivity contribution in [3.05, 3.63) is 76.4 Å². The first-order valence-corrected chi connectivity index (χ1v) is 13.2. The Labute approximate surface area is 224 Å². The van der Waals surface area contributed by atoms with Gasteiger partial charge >= 0.3 is 5.97 Å². The SMILES string of the molecule is CC1=CC(=O)C2=C(C1=O)[C@@H](c1ccc(O)c3ccccc13)C1=CC[C@@H]3C(=O)N(CCCC(=O)O)C(=O)[C@@H]3[C@@H]1C2. The number of phenolic OH excluding ortho intramolecular Hbond substituents is 1. The van der Waals surface area contributed by atoms with Crippen LogP contribution in [0.15, 0.2) is 70.8 Å². The molecule has 0 unspecified atom stereocenters. The van der Waals surface area contributed by atoms with Gasteiger partial charge in [-0.05, 0) is 55.2 Å². The van der Waals surface area contributed by atoms with E-state index in [2.05, 4.69) is 0 Å². The molecule has 8 nitrogen and oxygen atoms in total. The summed E-state index contributed by atoms with van der Waals surface area (Å²) in [6.45, 7) is 1.67. The number of carboxylic acids is 1. The molecule has 198 valence electrons. The largest absolute Gasteiger partial charge is 0.507 e.